The summed E-state index contributed by atoms with van der Waals surface area (Å²) in [6.45, 7) is 4.69. The molecule has 0 aliphatic heterocycles. The number of rotatable bonds is 7. The Morgan fingerprint density at radius 2 is 1.25 bits per heavy atom. The lowest BCUT2D eigenvalue weighted by atomic mass is 10.1. The van der Waals surface area contributed by atoms with Gasteiger partial charge in [-0.1, -0.05) is 42.1 Å². The van der Waals surface area contributed by atoms with E-state index in [0.29, 0.717) is 5.56 Å². The van der Waals surface area contributed by atoms with Gasteiger partial charge in [0.15, 0.2) is 5.12 Å². The number of phenols is 2. The zero-order chi connectivity index (χ0) is 33.8. The summed E-state index contributed by atoms with van der Waals surface area (Å²) < 4.78 is 0. The summed E-state index contributed by atoms with van der Waals surface area (Å²) in [4.78, 5) is 53.7. The zero-order valence-electron chi connectivity index (χ0n) is 25.3. The molecule has 0 heterocycles. The van der Waals surface area contributed by atoms with Crippen LogP contribution in [0.3, 0.4) is 0 Å². The highest BCUT2D eigenvalue weighted by Gasteiger charge is 2.19. The molecule has 2 amide bonds. The van der Waals surface area contributed by atoms with E-state index in [-0.39, 0.29) is 58.5 Å². The topological polar surface area (TPSA) is 205 Å². The van der Waals surface area contributed by atoms with E-state index >= 15 is 0 Å². The lowest BCUT2D eigenvalue weighted by molar-refractivity contribution is -0.385. The Kier molecular flexibility index (Phi) is 18.4. The van der Waals surface area contributed by atoms with Crippen molar-refractivity contribution in [3.05, 3.63) is 98.1 Å². The molecule has 15 heteroatoms. The van der Waals surface area contributed by atoms with Crippen molar-refractivity contribution in [2.24, 2.45) is 0 Å². The Labute approximate surface area is 259 Å². The number of nitrogens with one attached hydrogen (secondary N) is 2. The summed E-state index contributed by atoms with van der Waals surface area (Å²) in [7, 11) is 4.77. The molecule has 0 fully saturated rings. The van der Waals surface area contributed by atoms with Crippen LogP contribution in [0.5, 0.6) is 11.5 Å². The molecular weight excluding hydrogens is 594 g/mol. The van der Waals surface area contributed by atoms with E-state index in [1.807, 2.05) is 30.3 Å². The van der Waals surface area contributed by atoms with Crippen molar-refractivity contribution in [3.63, 3.8) is 0 Å². The van der Waals surface area contributed by atoms with E-state index in [4.69, 9.17) is 0 Å². The number of nitrogens with zero attached hydrogens (tertiary/aromatic N) is 3. The molecule has 0 aliphatic carbocycles. The summed E-state index contributed by atoms with van der Waals surface area (Å²) in [6, 6.07) is 17.9. The summed E-state index contributed by atoms with van der Waals surface area (Å²) in [5.41, 5.74) is 0.211. The van der Waals surface area contributed by atoms with Gasteiger partial charge in [0.2, 0.25) is 11.8 Å². The molecule has 0 radical (unpaired) electrons. The molecule has 0 saturated heterocycles. The minimum Gasteiger partial charge on any atom is -0.507 e. The van der Waals surface area contributed by atoms with Gasteiger partial charge in [0.25, 0.3) is 11.4 Å². The summed E-state index contributed by atoms with van der Waals surface area (Å²) >= 11 is 1.26. The molecule has 0 unspecified atom stereocenters. The zero-order valence-corrected chi connectivity index (χ0v) is 26.1. The van der Waals surface area contributed by atoms with Crippen LogP contribution >= 0.6 is 11.8 Å². The van der Waals surface area contributed by atoms with Crippen LogP contribution in [0.4, 0.5) is 11.4 Å². The number of benzene rings is 3. The molecule has 0 aromatic heterocycles. The van der Waals surface area contributed by atoms with E-state index in [1.165, 1.54) is 74.0 Å². The molecule has 0 aliphatic rings. The second-order valence-corrected chi connectivity index (χ2v) is 9.93. The van der Waals surface area contributed by atoms with Gasteiger partial charge in [-0.15, -0.1) is 0 Å². The van der Waals surface area contributed by atoms with Gasteiger partial charge in [0.05, 0.1) is 27.5 Å². The van der Waals surface area contributed by atoms with Crippen molar-refractivity contribution >= 4 is 40.1 Å². The van der Waals surface area contributed by atoms with Crippen LogP contribution in [0.2, 0.25) is 0 Å². The van der Waals surface area contributed by atoms with Gasteiger partial charge in [-0.05, 0) is 31.3 Å². The fraction of sp³-hybridized carbons (Fsp3) is 0.276. The van der Waals surface area contributed by atoms with Gasteiger partial charge < -0.3 is 25.7 Å². The van der Waals surface area contributed by atoms with Gasteiger partial charge >= 0.3 is 0 Å². The first-order chi connectivity index (χ1) is 20.7. The van der Waals surface area contributed by atoms with Crippen LogP contribution < -0.4 is 10.6 Å². The molecule has 14 nitrogen and oxygen atoms in total. The van der Waals surface area contributed by atoms with Crippen molar-refractivity contribution in [1.82, 2.24) is 15.5 Å². The maximum absolute atomic E-state index is 11.0. The number of carbonyl (C=O) groups is 3. The number of hydrogen-bond donors (Lipinski definition) is 4. The van der Waals surface area contributed by atoms with Crippen molar-refractivity contribution in [2.45, 2.75) is 38.8 Å². The average Bonchev–Trinajstić information content (AvgIpc) is 2.96. The van der Waals surface area contributed by atoms with Gasteiger partial charge in [-0.25, -0.2) is 0 Å². The third-order valence-corrected chi connectivity index (χ3v) is 6.09. The SMILES string of the molecule is CC(=O)N(C)Cc1c(O)cccc1[N+](=O)[O-].CC(=O)Sc1ccccc1.CNC(C)=O.CNCc1c(O)cccc1[N+](=O)[O-]. The largest absolute Gasteiger partial charge is 0.507 e. The first-order valence-corrected chi connectivity index (χ1v) is 13.7. The van der Waals surface area contributed by atoms with Gasteiger partial charge in [-0.3, -0.25) is 34.6 Å². The third kappa shape index (κ3) is 15.3. The standard InChI is InChI=1S/C10H12N2O4.C8H10N2O3.C8H8OS.C3H7NO/c1-7(13)11(2)6-8-9(12(15)16)4-3-5-10(8)14;1-9-5-6-7(10(12)13)3-2-4-8(6)11;1-7(9)10-8-5-3-2-4-6-8;1-3(5)4-2/h3-5,14H,6H2,1-2H3;2-4,9,11H,5H2,1H3;2-6H,1H3;1-2H3,(H,4,5). The molecule has 3 aromatic carbocycles. The van der Waals surface area contributed by atoms with Crippen LogP contribution in [0.25, 0.3) is 0 Å². The Hall–Kier alpha value is -5.02. The molecule has 238 valence electrons. The Morgan fingerprint density at radius 3 is 1.64 bits per heavy atom. The van der Waals surface area contributed by atoms with E-state index in [1.54, 1.807) is 21.0 Å². The molecule has 44 heavy (non-hydrogen) atoms. The molecule has 3 rings (SSSR count). The van der Waals surface area contributed by atoms with Crippen LogP contribution in [0.15, 0.2) is 71.6 Å². The number of nitro benzene ring substituents is 2. The molecule has 3 aromatic rings. The van der Waals surface area contributed by atoms with Crippen LogP contribution in [0, 0.1) is 20.2 Å². The monoisotopic (exact) mass is 631 g/mol. The molecule has 0 bridgehead atoms. The van der Waals surface area contributed by atoms with E-state index in [9.17, 15) is 44.8 Å². The highest BCUT2D eigenvalue weighted by molar-refractivity contribution is 8.13. The minimum absolute atomic E-state index is 0.00463. The molecule has 4 N–H and O–H groups in total. The first kappa shape index (κ1) is 39.0. The van der Waals surface area contributed by atoms with Crippen molar-refractivity contribution < 1.29 is 34.4 Å². The van der Waals surface area contributed by atoms with Crippen molar-refractivity contribution in [2.75, 3.05) is 21.1 Å². The fourth-order valence-corrected chi connectivity index (χ4v) is 3.62. The number of hydrogen-bond acceptors (Lipinski definition) is 11. The second-order valence-electron chi connectivity index (χ2n) is 8.68. The maximum atomic E-state index is 11.0. The number of amides is 2. The Morgan fingerprint density at radius 1 is 0.795 bits per heavy atom. The first-order valence-electron chi connectivity index (χ1n) is 12.8. The van der Waals surface area contributed by atoms with Crippen molar-refractivity contribution in [3.8, 4) is 11.5 Å². The van der Waals surface area contributed by atoms with Crippen LogP contribution in [0.1, 0.15) is 31.9 Å². The maximum Gasteiger partial charge on any atom is 0.278 e. The normalized spacial score (nSPS) is 9.41. The molecule has 0 spiro atoms. The predicted molar refractivity (Wildman–Crippen MR) is 167 cm³/mol. The number of thioether (sulfide) groups is 1. The minimum atomic E-state index is -0.580. The molecule has 0 atom stereocenters. The Balaban J connectivity index is 0.000000597. The number of aromatic hydroxyl groups is 2. The average molecular weight is 632 g/mol. The number of phenolic OH excluding ortho intramolecular Hbond substituents is 2. The predicted octanol–water partition coefficient (Wildman–Crippen LogP) is 4.38. The Bertz CT molecular complexity index is 1410. The highest BCUT2D eigenvalue weighted by atomic mass is 32.2. The van der Waals surface area contributed by atoms with Crippen LogP contribution in [-0.2, 0) is 27.5 Å². The second kappa shape index (κ2) is 20.8. The van der Waals surface area contributed by atoms with E-state index in [2.05, 4.69) is 10.6 Å². The molecular formula is C29H37N5O9S. The van der Waals surface area contributed by atoms with Gasteiger partial charge in [0.1, 0.15) is 11.5 Å². The number of nitro groups is 2. The summed E-state index contributed by atoms with van der Waals surface area (Å²) in [5.74, 6) is -0.451. The molecule has 0 saturated carbocycles. The summed E-state index contributed by atoms with van der Waals surface area (Å²) in [5, 5.41) is 45.4. The number of carbonyl (C=O) groups excluding carboxylic acids is 3. The van der Waals surface area contributed by atoms with Crippen molar-refractivity contribution in [1.29, 1.82) is 0 Å². The van der Waals surface area contributed by atoms with Gasteiger partial charge in [-0.2, -0.15) is 0 Å². The fourth-order valence-electron chi connectivity index (χ4n) is 2.99. The lowest BCUT2D eigenvalue weighted by Crippen LogP contribution is -2.23. The quantitative estimate of drug-likeness (QED) is 0.164. The van der Waals surface area contributed by atoms with Crippen LogP contribution in [-0.4, -0.2) is 63.0 Å². The third-order valence-electron chi connectivity index (χ3n) is 5.29. The highest BCUT2D eigenvalue weighted by Crippen LogP contribution is 2.28. The lowest BCUT2D eigenvalue weighted by Gasteiger charge is -2.15. The smallest absolute Gasteiger partial charge is 0.278 e. The van der Waals surface area contributed by atoms with E-state index < -0.39 is 9.85 Å². The van der Waals surface area contributed by atoms with Gasteiger partial charge in [0, 0.05) is 58.4 Å². The van der Waals surface area contributed by atoms with E-state index in [0.717, 1.165) is 4.90 Å². The summed E-state index contributed by atoms with van der Waals surface area (Å²) in [6.07, 6.45) is 0.